The van der Waals surface area contributed by atoms with Crippen LogP contribution in [0.3, 0.4) is 0 Å². The van der Waals surface area contributed by atoms with Gasteiger partial charge in [0.2, 0.25) is 5.82 Å². The van der Waals surface area contributed by atoms with Crippen LogP contribution in [0.1, 0.15) is 18.3 Å². The van der Waals surface area contributed by atoms with Crippen LogP contribution in [0.4, 0.5) is 22.0 Å². The molecule has 2 aromatic rings. The van der Waals surface area contributed by atoms with Gasteiger partial charge >= 0.3 is 6.18 Å². The molecule has 3 nitrogen and oxygen atoms in total. The number of hydrogen-bond acceptors (Lipinski definition) is 3. The van der Waals surface area contributed by atoms with E-state index in [0.29, 0.717) is 24.4 Å². The summed E-state index contributed by atoms with van der Waals surface area (Å²) in [4.78, 5) is 6.07. The number of rotatable bonds is 3. The Labute approximate surface area is 116 Å². The zero-order valence-electron chi connectivity index (χ0n) is 10.7. The molecule has 0 unspecified atom stereocenters. The maximum Gasteiger partial charge on any atom is 0.451 e. The summed E-state index contributed by atoms with van der Waals surface area (Å²) in [7, 11) is 0. The Bertz CT molecular complexity index is 617. The first-order valence-electron chi connectivity index (χ1n) is 5.86. The summed E-state index contributed by atoms with van der Waals surface area (Å²) in [5, 5.41) is 0. The predicted molar refractivity (Wildman–Crippen MR) is 62.8 cm³/mol. The van der Waals surface area contributed by atoms with E-state index in [2.05, 4.69) is 9.97 Å². The minimum atomic E-state index is -4.70. The molecule has 1 heterocycles. The first-order chi connectivity index (χ1) is 9.81. The minimum absolute atomic E-state index is 0.301. The average molecular weight is 304 g/mol. The number of nitrogens with zero attached hydrogens (tertiary/aromatic N) is 2. The molecule has 1 aromatic carbocycles. The molecule has 0 saturated carbocycles. The van der Waals surface area contributed by atoms with E-state index in [0.717, 1.165) is 12.1 Å². The van der Waals surface area contributed by atoms with E-state index < -0.39 is 29.4 Å². The molecule has 0 fully saturated rings. The summed E-state index contributed by atoms with van der Waals surface area (Å²) in [6.45, 7) is 1.72. The molecule has 21 heavy (non-hydrogen) atoms. The molecule has 0 amide bonds. The van der Waals surface area contributed by atoms with Gasteiger partial charge in [-0.2, -0.15) is 13.2 Å². The second kappa shape index (κ2) is 5.63. The fourth-order valence-corrected chi connectivity index (χ4v) is 1.55. The van der Waals surface area contributed by atoms with Crippen LogP contribution in [0, 0.1) is 11.6 Å². The second-order valence-corrected chi connectivity index (χ2v) is 4.08. The van der Waals surface area contributed by atoms with Gasteiger partial charge in [0.1, 0.15) is 0 Å². The van der Waals surface area contributed by atoms with E-state index in [4.69, 9.17) is 4.74 Å². The lowest BCUT2D eigenvalue weighted by molar-refractivity contribution is -0.145. The van der Waals surface area contributed by atoms with E-state index in [1.54, 1.807) is 6.92 Å². The van der Waals surface area contributed by atoms with E-state index in [9.17, 15) is 22.0 Å². The highest BCUT2D eigenvalue weighted by Crippen LogP contribution is 2.30. The van der Waals surface area contributed by atoms with Crippen molar-refractivity contribution in [3.8, 4) is 11.5 Å². The summed E-state index contributed by atoms with van der Waals surface area (Å²) in [6.07, 6.45) is -2.87. The highest BCUT2D eigenvalue weighted by atomic mass is 19.4. The molecule has 2 rings (SSSR count). The first-order valence-corrected chi connectivity index (χ1v) is 5.86. The van der Waals surface area contributed by atoms with Crippen molar-refractivity contribution in [1.82, 2.24) is 9.97 Å². The maximum atomic E-state index is 13.7. The molecule has 0 aliphatic carbocycles. The molecule has 0 aliphatic rings. The third-order valence-electron chi connectivity index (χ3n) is 2.57. The normalized spacial score (nSPS) is 11.5. The third-order valence-corrected chi connectivity index (χ3v) is 2.57. The largest absolute Gasteiger partial charge is 0.451 e. The lowest BCUT2D eigenvalue weighted by Crippen LogP contribution is -2.10. The zero-order valence-corrected chi connectivity index (χ0v) is 10.7. The van der Waals surface area contributed by atoms with Gasteiger partial charge in [-0.25, -0.2) is 18.7 Å². The van der Waals surface area contributed by atoms with Crippen LogP contribution in [0.5, 0.6) is 11.5 Å². The third kappa shape index (κ3) is 3.45. The van der Waals surface area contributed by atoms with Crippen LogP contribution in [-0.4, -0.2) is 9.97 Å². The average Bonchev–Trinajstić information content (AvgIpc) is 2.42. The highest BCUT2D eigenvalue weighted by molar-refractivity contribution is 5.34. The van der Waals surface area contributed by atoms with Crippen molar-refractivity contribution in [3.05, 3.63) is 47.5 Å². The van der Waals surface area contributed by atoms with Crippen molar-refractivity contribution in [3.63, 3.8) is 0 Å². The summed E-state index contributed by atoms with van der Waals surface area (Å²) in [5.41, 5.74) is 0.431. The Morgan fingerprint density at radius 3 is 2.00 bits per heavy atom. The van der Waals surface area contributed by atoms with Gasteiger partial charge in [0.05, 0.1) is 12.4 Å². The number of benzene rings is 1. The molecule has 0 atom stereocenters. The van der Waals surface area contributed by atoms with Gasteiger partial charge in [-0.1, -0.05) is 6.92 Å². The standard InChI is InChI=1S/C13H9F5N2O/c1-2-7-3-9(14)11(10(15)4-7)21-8-5-19-12(20-6-8)13(16,17)18/h3-6H,2H2,1H3. The van der Waals surface area contributed by atoms with Crippen molar-refractivity contribution >= 4 is 0 Å². The van der Waals surface area contributed by atoms with Crippen LogP contribution in [0.25, 0.3) is 0 Å². The number of ether oxygens (including phenoxy) is 1. The van der Waals surface area contributed by atoms with Crippen molar-refractivity contribution in [1.29, 1.82) is 0 Å². The molecule has 0 aliphatic heterocycles. The van der Waals surface area contributed by atoms with Gasteiger partial charge in [0.15, 0.2) is 23.1 Å². The quantitative estimate of drug-likeness (QED) is 0.800. The molecule has 0 bridgehead atoms. The summed E-state index contributed by atoms with van der Waals surface area (Å²) >= 11 is 0. The molecule has 0 saturated heterocycles. The van der Waals surface area contributed by atoms with Gasteiger partial charge in [-0.15, -0.1) is 0 Å². The highest BCUT2D eigenvalue weighted by Gasteiger charge is 2.34. The fraction of sp³-hybridized carbons (Fsp3) is 0.231. The van der Waals surface area contributed by atoms with Crippen molar-refractivity contribution in [2.24, 2.45) is 0 Å². The van der Waals surface area contributed by atoms with Gasteiger partial charge in [0, 0.05) is 0 Å². The smallest absolute Gasteiger partial charge is 0.448 e. The SMILES string of the molecule is CCc1cc(F)c(Oc2cnc(C(F)(F)F)nc2)c(F)c1. The topological polar surface area (TPSA) is 35.0 Å². The number of hydrogen-bond donors (Lipinski definition) is 0. The minimum Gasteiger partial charge on any atom is -0.448 e. The molecule has 0 N–H and O–H groups in total. The van der Waals surface area contributed by atoms with Crippen molar-refractivity contribution in [2.45, 2.75) is 19.5 Å². The summed E-state index contributed by atoms with van der Waals surface area (Å²) < 4.78 is 69.0. The number of alkyl halides is 3. The molecule has 112 valence electrons. The Morgan fingerprint density at radius 2 is 1.57 bits per heavy atom. The van der Waals surface area contributed by atoms with Crippen molar-refractivity contribution in [2.75, 3.05) is 0 Å². The number of aromatic nitrogens is 2. The molecular weight excluding hydrogens is 295 g/mol. The maximum absolute atomic E-state index is 13.7. The zero-order chi connectivity index (χ0) is 15.6. The Kier molecular flexibility index (Phi) is 4.06. The van der Waals surface area contributed by atoms with Crippen LogP contribution in [0.2, 0.25) is 0 Å². The van der Waals surface area contributed by atoms with Gasteiger partial charge < -0.3 is 4.74 Å². The molecular formula is C13H9F5N2O. The molecule has 0 spiro atoms. The van der Waals surface area contributed by atoms with Gasteiger partial charge in [0.25, 0.3) is 0 Å². The second-order valence-electron chi connectivity index (χ2n) is 4.08. The first kappa shape index (κ1) is 15.1. The number of aryl methyl sites for hydroxylation is 1. The van der Waals surface area contributed by atoms with Gasteiger partial charge in [-0.05, 0) is 24.1 Å². The lowest BCUT2D eigenvalue weighted by Gasteiger charge is -2.09. The van der Waals surface area contributed by atoms with E-state index >= 15 is 0 Å². The lowest BCUT2D eigenvalue weighted by atomic mass is 10.1. The molecule has 0 radical (unpaired) electrons. The van der Waals surface area contributed by atoms with Crippen LogP contribution in [-0.2, 0) is 12.6 Å². The summed E-state index contributed by atoms with van der Waals surface area (Å²) in [5.74, 6) is -4.28. The Balaban J connectivity index is 2.26. The van der Waals surface area contributed by atoms with E-state index in [1.165, 1.54) is 0 Å². The molecule has 8 heteroatoms. The Morgan fingerprint density at radius 1 is 1.05 bits per heavy atom. The summed E-state index contributed by atoms with van der Waals surface area (Å²) in [6, 6.07) is 2.17. The van der Waals surface area contributed by atoms with Crippen LogP contribution in [0.15, 0.2) is 24.5 Å². The van der Waals surface area contributed by atoms with E-state index in [-0.39, 0.29) is 5.75 Å². The van der Waals surface area contributed by atoms with Gasteiger partial charge in [-0.3, -0.25) is 0 Å². The van der Waals surface area contributed by atoms with E-state index in [1.807, 2.05) is 0 Å². The van der Waals surface area contributed by atoms with Crippen LogP contribution < -0.4 is 4.74 Å². The fourth-order valence-electron chi connectivity index (χ4n) is 1.55. The number of halogens is 5. The van der Waals surface area contributed by atoms with Crippen LogP contribution >= 0.6 is 0 Å². The van der Waals surface area contributed by atoms with Crippen molar-refractivity contribution < 1.29 is 26.7 Å². The Hall–Kier alpha value is -2.25. The molecule has 1 aromatic heterocycles. The monoisotopic (exact) mass is 304 g/mol. The predicted octanol–water partition coefficient (Wildman–Crippen LogP) is 4.13.